The normalized spacial score (nSPS) is 54.5. The number of fused-ring (bicyclic) bond motifs is 7. The molecule has 3 saturated heterocycles. The van der Waals surface area contributed by atoms with Crippen molar-refractivity contribution in [2.75, 3.05) is 13.2 Å². The van der Waals surface area contributed by atoms with Gasteiger partial charge >= 0.3 is 5.97 Å². The molecule has 18 heteroatoms. The molecule has 0 spiro atoms. The number of ether oxygens (including phenoxy) is 6. The first-order valence-corrected chi connectivity index (χ1v) is 24.3. The van der Waals surface area contributed by atoms with Gasteiger partial charge in [-0.15, -0.1) is 0 Å². The van der Waals surface area contributed by atoms with Crippen LogP contribution in [0, 0.1) is 50.2 Å². The van der Waals surface area contributed by atoms with E-state index in [9.17, 15) is 61.0 Å². The van der Waals surface area contributed by atoms with Gasteiger partial charge in [-0.05, 0) is 110 Å². The Labute approximate surface area is 387 Å². The number of aliphatic hydroxyl groups is 10. The molecule has 7 fully saturated rings. The summed E-state index contributed by atoms with van der Waals surface area (Å²) >= 11 is 0. The van der Waals surface area contributed by atoms with Gasteiger partial charge in [-0.1, -0.05) is 60.1 Å². The Balaban J connectivity index is 1.05. The fourth-order valence-corrected chi connectivity index (χ4v) is 15.1. The van der Waals surface area contributed by atoms with Gasteiger partial charge in [0.25, 0.3) is 0 Å². The third-order valence-corrected chi connectivity index (χ3v) is 19.5. The summed E-state index contributed by atoms with van der Waals surface area (Å²) in [5.41, 5.74) is -1.23. The first-order valence-electron chi connectivity index (χ1n) is 24.3. The lowest BCUT2D eigenvalue weighted by molar-refractivity contribution is -0.397. The van der Waals surface area contributed by atoms with Crippen LogP contribution in [0.2, 0.25) is 0 Å². The van der Waals surface area contributed by atoms with Crippen LogP contribution < -0.4 is 0 Å². The number of aliphatic hydroxyl groups excluding tert-OH is 10. The number of allylic oxidation sites excluding steroid dienone is 2. The highest BCUT2D eigenvalue weighted by Crippen LogP contribution is 2.76. The SMILES string of the molecule is CC1OC(OC2C(OC3C(OC4CCC5(C)C(CCC6(C)C5CC=C5C7CC(C)(C)C(O)CC7(C(=O)O)CCC56C)C4(C)C)OC(CO)C(O)C3O)OC(CO)C(O)C2O)C(O)C(O)C1O. The summed E-state index contributed by atoms with van der Waals surface area (Å²) in [6.45, 7) is 15.6. The molecule has 0 radical (unpaired) electrons. The molecule has 0 aromatic carbocycles. The molecule has 5 aliphatic carbocycles. The first kappa shape index (κ1) is 50.9. The fraction of sp³-hybridized carbons (Fsp3) is 0.938. The maximum Gasteiger partial charge on any atom is 0.310 e. The van der Waals surface area contributed by atoms with Crippen molar-refractivity contribution in [1.82, 2.24) is 0 Å². The monoisotopic (exact) mass is 943 g/mol. The van der Waals surface area contributed by atoms with E-state index in [0.717, 1.165) is 32.1 Å². The van der Waals surface area contributed by atoms with Gasteiger partial charge in [0.1, 0.15) is 67.1 Å². The van der Waals surface area contributed by atoms with Gasteiger partial charge in [-0.25, -0.2) is 0 Å². The Hall–Kier alpha value is -1.43. The Bertz CT molecular complexity index is 1810. The number of hydrogen-bond donors (Lipinski definition) is 11. The van der Waals surface area contributed by atoms with Crippen molar-refractivity contribution < 1.29 is 89.4 Å². The van der Waals surface area contributed by atoms with Gasteiger partial charge in [0.2, 0.25) is 0 Å². The highest BCUT2D eigenvalue weighted by molar-refractivity contribution is 5.77. The highest BCUT2D eigenvalue weighted by Gasteiger charge is 2.70. The molecule has 0 aromatic heterocycles. The zero-order valence-electron chi connectivity index (χ0n) is 39.7. The predicted molar refractivity (Wildman–Crippen MR) is 231 cm³/mol. The van der Waals surface area contributed by atoms with Crippen molar-refractivity contribution >= 4 is 5.97 Å². The third kappa shape index (κ3) is 7.69. The summed E-state index contributed by atoms with van der Waals surface area (Å²) < 4.78 is 36.8. The van der Waals surface area contributed by atoms with Crippen LogP contribution in [0.3, 0.4) is 0 Å². The van der Waals surface area contributed by atoms with Crippen LogP contribution in [-0.4, -0.2) is 180 Å². The summed E-state index contributed by atoms with van der Waals surface area (Å²) in [6.07, 6.45) is -16.6. The maximum absolute atomic E-state index is 13.2. The standard InChI is InChI=1S/C48H78O18/c1-21-30(52)33(55)36(58)39(61-21)65-38-35(57)32(54)25(20-50)63-41(38)66-37-34(56)31(53)24(19-49)62-40(37)64-29-12-13-45(6)26(44(29,4)5)11-14-47(8)27(45)10-9-22-23-17-43(2,3)28(51)18-48(23,42(59)60)16-15-46(22,47)7/h9,21,23-41,49-58H,10-20H2,1-8H3,(H,59,60). The summed E-state index contributed by atoms with van der Waals surface area (Å²) in [5.74, 6) is -0.584. The summed E-state index contributed by atoms with van der Waals surface area (Å²) in [7, 11) is 0. The topological polar surface area (TPSA) is 295 Å². The van der Waals surface area contributed by atoms with Crippen molar-refractivity contribution in [1.29, 1.82) is 0 Å². The van der Waals surface area contributed by atoms with E-state index in [4.69, 9.17) is 28.4 Å². The van der Waals surface area contributed by atoms with E-state index in [1.807, 2.05) is 0 Å². The van der Waals surface area contributed by atoms with Crippen molar-refractivity contribution in [2.24, 2.45) is 50.2 Å². The minimum atomic E-state index is -1.84. The third-order valence-electron chi connectivity index (χ3n) is 19.5. The average Bonchev–Trinajstić information content (AvgIpc) is 3.25. The molecule has 378 valence electrons. The summed E-state index contributed by atoms with van der Waals surface area (Å²) in [6, 6.07) is 0. The molecule has 66 heavy (non-hydrogen) atoms. The van der Waals surface area contributed by atoms with Crippen LogP contribution in [0.25, 0.3) is 0 Å². The van der Waals surface area contributed by atoms with Gasteiger partial charge in [0.05, 0.1) is 36.9 Å². The molecular formula is C48H78O18. The van der Waals surface area contributed by atoms with Gasteiger partial charge in [0, 0.05) is 0 Å². The van der Waals surface area contributed by atoms with E-state index < -0.39 is 140 Å². The van der Waals surface area contributed by atoms with Crippen molar-refractivity contribution in [3.05, 3.63) is 11.6 Å². The Morgan fingerprint density at radius 2 is 1.23 bits per heavy atom. The number of carboxylic acid groups (broad SMARTS) is 1. The zero-order valence-corrected chi connectivity index (χ0v) is 39.7. The number of carbonyl (C=O) groups is 1. The molecule has 8 rings (SSSR count). The van der Waals surface area contributed by atoms with Gasteiger partial charge in [-0.3, -0.25) is 4.79 Å². The molecule has 8 aliphatic rings. The van der Waals surface area contributed by atoms with Crippen molar-refractivity contribution in [3.63, 3.8) is 0 Å². The maximum atomic E-state index is 13.2. The second kappa shape index (κ2) is 17.7. The summed E-state index contributed by atoms with van der Waals surface area (Å²) in [5, 5.41) is 119. The molecule has 24 atom stereocenters. The Morgan fingerprint density at radius 1 is 0.652 bits per heavy atom. The van der Waals surface area contributed by atoms with Crippen LogP contribution in [0.5, 0.6) is 0 Å². The first-order chi connectivity index (χ1) is 30.7. The van der Waals surface area contributed by atoms with E-state index in [0.29, 0.717) is 19.3 Å². The van der Waals surface area contributed by atoms with Gasteiger partial charge in [0.15, 0.2) is 18.9 Å². The largest absolute Gasteiger partial charge is 0.481 e. The second-order valence-corrected chi connectivity index (χ2v) is 23.5. The van der Waals surface area contributed by atoms with Crippen LogP contribution >= 0.6 is 0 Å². The Morgan fingerprint density at radius 3 is 1.80 bits per heavy atom. The molecule has 0 bridgehead atoms. The number of hydrogen-bond acceptors (Lipinski definition) is 17. The minimum absolute atomic E-state index is 0.137. The zero-order chi connectivity index (χ0) is 48.4. The summed E-state index contributed by atoms with van der Waals surface area (Å²) in [4.78, 5) is 13.2. The number of aliphatic carboxylic acids is 1. The number of rotatable bonds is 9. The molecule has 3 aliphatic heterocycles. The molecule has 0 amide bonds. The molecule has 11 N–H and O–H groups in total. The van der Waals surface area contributed by atoms with Crippen LogP contribution in [0.4, 0.5) is 0 Å². The van der Waals surface area contributed by atoms with E-state index in [1.54, 1.807) is 0 Å². The van der Waals surface area contributed by atoms with Gasteiger partial charge in [-0.2, -0.15) is 0 Å². The molecule has 18 nitrogen and oxygen atoms in total. The molecule has 3 heterocycles. The predicted octanol–water partition coefficient (Wildman–Crippen LogP) is 0.705. The van der Waals surface area contributed by atoms with Crippen LogP contribution in [0.1, 0.15) is 113 Å². The lowest BCUT2D eigenvalue weighted by Crippen LogP contribution is -2.68. The second-order valence-electron chi connectivity index (χ2n) is 23.5. The average molecular weight is 943 g/mol. The fourth-order valence-electron chi connectivity index (χ4n) is 15.1. The highest BCUT2D eigenvalue weighted by atomic mass is 16.8. The van der Waals surface area contributed by atoms with E-state index in [-0.39, 0.29) is 40.4 Å². The van der Waals surface area contributed by atoms with Gasteiger partial charge < -0.3 is 84.6 Å². The lowest BCUT2D eigenvalue weighted by Gasteiger charge is -2.71. The van der Waals surface area contributed by atoms with Crippen LogP contribution in [0.15, 0.2) is 11.6 Å². The quantitative estimate of drug-likeness (QED) is 0.112. The van der Waals surface area contributed by atoms with E-state index in [2.05, 4.69) is 54.5 Å². The van der Waals surface area contributed by atoms with E-state index >= 15 is 0 Å². The van der Waals surface area contributed by atoms with Crippen molar-refractivity contribution in [3.8, 4) is 0 Å². The Kier molecular flexibility index (Phi) is 13.7. The molecule has 24 unspecified atom stereocenters. The lowest BCUT2D eigenvalue weighted by atomic mass is 9.33. The number of carboxylic acids is 1. The van der Waals surface area contributed by atoms with Crippen LogP contribution in [-0.2, 0) is 33.2 Å². The van der Waals surface area contributed by atoms with Crippen molar-refractivity contribution in [2.45, 2.75) is 218 Å². The molecular weight excluding hydrogens is 865 g/mol. The molecule has 4 saturated carbocycles. The minimum Gasteiger partial charge on any atom is -0.481 e. The molecule has 0 aromatic rings. The smallest absolute Gasteiger partial charge is 0.310 e. The van der Waals surface area contributed by atoms with E-state index in [1.165, 1.54) is 12.5 Å².